The van der Waals surface area contributed by atoms with Crippen molar-refractivity contribution in [2.75, 3.05) is 7.11 Å². The van der Waals surface area contributed by atoms with Crippen LogP contribution in [0.4, 0.5) is 0 Å². The van der Waals surface area contributed by atoms with Crippen LogP contribution in [0.25, 0.3) is 0 Å². The van der Waals surface area contributed by atoms with Gasteiger partial charge in [-0.25, -0.2) is 0 Å². The number of rotatable bonds is 4. The number of aromatic hydroxyl groups is 1. The van der Waals surface area contributed by atoms with E-state index in [-0.39, 0.29) is 22.8 Å². The number of carbonyl (C=O) groups is 1. The minimum Gasteiger partial charge on any atom is -0.507 e. The van der Waals surface area contributed by atoms with Crippen LogP contribution in [0.2, 0.25) is 0 Å². The first-order valence-corrected chi connectivity index (χ1v) is 5.59. The Balaban J connectivity index is 2.90. The fourth-order valence-corrected chi connectivity index (χ4v) is 1.29. The van der Waals surface area contributed by atoms with Gasteiger partial charge in [-0.3, -0.25) is 4.79 Å². The lowest BCUT2D eigenvalue weighted by atomic mass is 10.0. The SMILES string of the molecule is CCC(C)(C)NC(=O)c1ccc(OC)cc1O. The number of ether oxygens (including phenoxy) is 1. The van der Waals surface area contributed by atoms with Crippen molar-refractivity contribution < 1.29 is 14.6 Å². The van der Waals surface area contributed by atoms with Crippen molar-refractivity contribution >= 4 is 5.91 Å². The summed E-state index contributed by atoms with van der Waals surface area (Å²) in [7, 11) is 1.51. The summed E-state index contributed by atoms with van der Waals surface area (Å²) in [6.07, 6.45) is 0.815. The normalized spacial score (nSPS) is 11.1. The zero-order chi connectivity index (χ0) is 13.1. The van der Waals surface area contributed by atoms with E-state index in [0.717, 1.165) is 6.42 Å². The van der Waals surface area contributed by atoms with Gasteiger partial charge in [0.2, 0.25) is 0 Å². The van der Waals surface area contributed by atoms with Crippen molar-refractivity contribution in [2.45, 2.75) is 32.7 Å². The van der Waals surface area contributed by atoms with E-state index in [1.165, 1.54) is 13.2 Å². The van der Waals surface area contributed by atoms with Crippen LogP contribution in [0, 0.1) is 0 Å². The van der Waals surface area contributed by atoms with Crippen molar-refractivity contribution in [1.29, 1.82) is 0 Å². The Morgan fingerprint density at radius 1 is 1.47 bits per heavy atom. The molecule has 0 fully saturated rings. The highest BCUT2D eigenvalue weighted by atomic mass is 16.5. The molecule has 0 saturated carbocycles. The van der Waals surface area contributed by atoms with E-state index in [2.05, 4.69) is 5.32 Å². The molecule has 1 rings (SSSR count). The monoisotopic (exact) mass is 237 g/mol. The summed E-state index contributed by atoms with van der Waals surface area (Å²) in [6.45, 7) is 5.87. The Kier molecular flexibility index (Phi) is 3.99. The standard InChI is InChI=1S/C13H19NO3/c1-5-13(2,3)14-12(16)10-7-6-9(17-4)8-11(10)15/h6-8,15H,5H2,1-4H3,(H,14,16). The number of phenolic OH excluding ortho intramolecular Hbond substituents is 1. The van der Waals surface area contributed by atoms with Gasteiger partial charge in [0.25, 0.3) is 5.91 Å². The van der Waals surface area contributed by atoms with E-state index >= 15 is 0 Å². The van der Waals surface area contributed by atoms with Gasteiger partial charge in [-0.15, -0.1) is 0 Å². The van der Waals surface area contributed by atoms with Gasteiger partial charge >= 0.3 is 0 Å². The highest BCUT2D eigenvalue weighted by Crippen LogP contribution is 2.24. The second kappa shape index (κ2) is 5.08. The molecule has 0 spiro atoms. The first-order chi connectivity index (χ1) is 7.89. The molecule has 94 valence electrons. The van der Waals surface area contributed by atoms with Crippen LogP contribution in [-0.2, 0) is 0 Å². The Bertz CT molecular complexity index is 413. The van der Waals surface area contributed by atoms with Gasteiger partial charge in [-0.1, -0.05) is 6.92 Å². The predicted molar refractivity (Wildman–Crippen MR) is 66.5 cm³/mol. The molecule has 0 aliphatic heterocycles. The molecular weight excluding hydrogens is 218 g/mol. The third-order valence-electron chi connectivity index (χ3n) is 2.79. The third kappa shape index (κ3) is 3.37. The molecule has 0 saturated heterocycles. The highest BCUT2D eigenvalue weighted by molar-refractivity contribution is 5.97. The van der Waals surface area contributed by atoms with E-state index in [1.807, 2.05) is 20.8 Å². The zero-order valence-corrected chi connectivity index (χ0v) is 10.7. The molecule has 0 bridgehead atoms. The van der Waals surface area contributed by atoms with Gasteiger partial charge < -0.3 is 15.2 Å². The molecule has 0 unspecified atom stereocenters. The van der Waals surface area contributed by atoms with Crippen molar-refractivity contribution in [3.05, 3.63) is 23.8 Å². The number of methoxy groups -OCH3 is 1. The van der Waals surface area contributed by atoms with Crippen LogP contribution >= 0.6 is 0 Å². The number of amides is 1. The number of carbonyl (C=O) groups excluding carboxylic acids is 1. The van der Waals surface area contributed by atoms with Crippen LogP contribution in [0.15, 0.2) is 18.2 Å². The number of benzene rings is 1. The van der Waals surface area contributed by atoms with E-state index in [0.29, 0.717) is 5.75 Å². The van der Waals surface area contributed by atoms with Crippen LogP contribution in [0.3, 0.4) is 0 Å². The van der Waals surface area contributed by atoms with Crippen molar-refractivity contribution in [1.82, 2.24) is 5.32 Å². The summed E-state index contributed by atoms with van der Waals surface area (Å²) < 4.78 is 4.96. The third-order valence-corrected chi connectivity index (χ3v) is 2.79. The molecule has 1 aromatic carbocycles. The van der Waals surface area contributed by atoms with Crippen LogP contribution < -0.4 is 10.1 Å². The molecule has 0 radical (unpaired) electrons. The second-order valence-electron chi connectivity index (χ2n) is 4.57. The maximum Gasteiger partial charge on any atom is 0.255 e. The minimum absolute atomic E-state index is 0.0752. The lowest BCUT2D eigenvalue weighted by Gasteiger charge is -2.24. The molecule has 1 amide bonds. The highest BCUT2D eigenvalue weighted by Gasteiger charge is 2.20. The number of phenols is 1. The number of nitrogens with one attached hydrogen (secondary N) is 1. The van der Waals surface area contributed by atoms with Gasteiger partial charge in [-0.05, 0) is 32.4 Å². The Hall–Kier alpha value is -1.71. The molecular formula is C13H19NO3. The van der Waals surface area contributed by atoms with Crippen LogP contribution in [-0.4, -0.2) is 23.7 Å². The fraction of sp³-hybridized carbons (Fsp3) is 0.462. The summed E-state index contributed by atoms with van der Waals surface area (Å²) in [6, 6.07) is 4.62. The van der Waals surface area contributed by atoms with Crippen molar-refractivity contribution in [2.24, 2.45) is 0 Å². The maximum atomic E-state index is 11.9. The van der Waals surface area contributed by atoms with Crippen LogP contribution in [0.1, 0.15) is 37.6 Å². The molecule has 17 heavy (non-hydrogen) atoms. The van der Waals surface area contributed by atoms with Gasteiger partial charge in [0.15, 0.2) is 0 Å². The molecule has 0 aliphatic carbocycles. The van der Waals surface area contributed by atoms with E-state index in [9.17, 15) is 9.90 Å². The Morgan fingerprint density at radius 3 is 2.59 bits per heavy atom. The first kappa shape index (κ1) is 13.4. The van der Waals surface area contributed by atoms with Crippen LogP contribution in [0.5, 0.6) is 11.5 Å². The van der Waals surface area contributed by atoms with E-state index in [1.54, 1.807) is 12.1 Å². The topological polar surface area (TPSA) is 58.6 Å². The average molecular weight is 237 g/mol. The largest absolute Gasteiger partial charge is 0.507 e. The smallest absolute Gasteiger partial charge is 0.255 e. The summed E-state index contributed by atoms with van der Waals surface area (Å²) in [5, 5.41) is 12.6. The van der Waals surface area contributed by atoms with Gasteiger partial charge in [0.1, 0.15) is 11.5 Å². The zero-order valence-electron chi connectivity index (χ0n) is 10.7. The minimum atomic E-state index is -0.288. The molecule has 4 heteroatoms. The Morgan fingerprint density at radius 2 is 2.12 bits per heavy atom. The molecule has 0 heterocycles. The first-order valence-electron chi connectivity index (χ1n) is 5.59. The predicted octanol–water partition coefficient (Wildman–Crippen LogP) is 2.32. The lowest BCUT2D eigenvalue weighted by molar-refractivity contribution is 0.0908. The van der Waals surface area contributed by atoms with Gasteiger partial charge in [-0.2, -0.15) is 0 Å². The van der Waals surface area contributed by atoms with Gasteiger partial charge in [0.05, 0.1) is 12.7 Å². The molecule has 2 N–H and O–H groups in total. The van der Waals surface area contributed by atoms with E-state index in [4.69, 9.17) is 4.74 Å². The molecule has 0 aromatic heterocycles. The maximum absolute atomic E-state index is 11.9. The molecule has 0 atom stereocenters. The molecule has 0 aliphatic rings. The average Bonchev–Trinajstić information content (AvgIpc) is 2.28. The molecule has 1 aromatic rings. The van der Waals surface area contributed by atoms with Crippen molar-refractivity contribution in [3.63, 3.8) is 0 Å². The van der Waals surface area contributed by atoms with Crippen molar-refractivity contribution in [3.8, 4) is 11.5 Å². The summed E-state index contributed by atoms with van der Waals surface area (Å²) in [5.41, 5.74) is -0.0315. The molecule has 4 nitrogen and oxygen atoms in total. The second-order valence-corrected chi connectivity index (χ2v) is 4.57. The number of hydrogen-bond donors (Lipinski definition) is 2. The summed E-state index contributed by atoms with van der Waals surface area (Å²) in [4.78, 5) is 11.9. The lowest BCUT2D eigenvalue weighted by Crippen LogP contribution is -2.42. The van der Waals surface area contributed by atoms with Gasteiger partial charge in [0, 0.05) is 11.6 Å². The van der Waals surface area contributed by atoms with E-state index < -0.39 is 0 Å². The Labute approximate surface area is 102 Å². The summed E-state index contributed by atoms with van der Waals surface area (Å²) in [5.74, 6) is 0.166. The quantitative estimate of drug-likeness (QED) is 0.845. The fourth-order valence-electron chi connectivity index (χ4n) is 1.29. The summed E-state index contributed by atoms with van der Waals surface area (Å²) >= 11 is 0. The number of hydrogen-bond acceptors (Lipinski definition) is 3.